The van der Waals surface area contributed by atoms with Crippen LogP contribution in [0.25, 0.3) is 0 Å². The number of piperidine rings is 1. The van der Waals surface area contributed by atoms with Crippen LogP contribution in [-0.4, -0.2) is 30.0 Å². The Morgan fingerprint density at radius 2 is 2.50 bits per heavy atom. The van der Waals surface area contributed by atoms with Gasteiger partial charge in [0.05, 0.1) is 19.0 Å². The fourth-order valence-corrected chi connectivity index (χ4v) is 2.42. The van der Waals surface area contributed by atoms with Crippen molar-refractivity contribution < 1.29 is 4.74 Å². The summed E-state index contributed by atoms with van der Waals surface area (Å²) in [5, 5.41) is 7.86. The molecule has 0 radical (unpaired) electrons. The maximum atomic E-state index is 5.41. The summed E-state index contributed by atoms with van der Waals surface area (Å²) in [6, 6.07) is 0. The van der Waals surface area contributed by atoms with Crippen molar-refractivity contribution in [2.45, 2.75) is 38.6 Å². The van der Waals surface area contributed by atoms with Gasteiger partial charge in [0, 0.05) is 19.0 Å². The van der Waals surface area contributed by atoms with Gasteiger partial charge in [-0.3, -0.25) is 4.68 Å². The zero-order chi connectivity index (χ0) is 11.4. The normalized spacial score (nSPS) is 21.0. The highest BCUT2D eigenvalue weighted by Crippen LogP contribution is 2.30. The topological polar surface area (TPSA) is 39.1 Å². The van der Waals surface area contributed by atoms with E-state index >= 15 is 0 Å². The lowest BCUT2D eigenvalue weighted by atomic mass is 9.95. The first-order chi connectivity index (χ1) is 7.86. The van der Waals surface area contributed by atoms with Crippen LogP contribution in [0.5, 0.6) is 5.75 Å². The third-order valence-electron chi connectivity index (χ3n) is 3.18. The van der Waals surface area contributed by atoms with E-state index in [-0.39, 0.29) is 0 Å². The van der Waals surface area contributed by atoms with Gasteiger partial charge in [0.15, 0.2) is 5.75 Å². The summed E-state index contributed by atoms with van der Waals surface area (Å²) in [4.78, 5) is 0. The third kappa shape index (κ3) is 2.21. The highest BCUT2D eigenvalue weighted by Gasteiger charge is 2.23. The molecule has 4 heteroatoms. The fourth-order valence-electron chi connectivity index (χ4n) is 2.42. The maximum absolute atomic E-state index is 5.41. The quantitative estimate of drug-likeness (QED) is 0.845. The molecular weight excluding hydrogens is 202 g/mol. The van der Waals surface area contributed by atoms with Crippen LogP contribution >= 0.6 is 0 Å². The molecule has 1 aromatic rings. The number of aromatic nitrogens is 2. The summed E-state index contributed by atoms with van der Waals surface area (Å²) in [6.45, 7) is 5.35. The van der Waals surface area contributed by atoms with Crippen molar-refractivity contribution in [2.24, 2.45) is 0 Å². The van der Waals surface area contributed by atoms with Crippen LogP contribution in [0.1, 0.15) is 37.8 Å². The molecule has 16 heavy (non-hydrogen) atoms. The van der Waals surface area contributed by atoms with Crippen molar-refractivity contribution in [1.82, 2.24) is 15.1 Å². The van der Waals surface area contributed by atoms with Gasteiger partial charge in [0.1, 0.15) is 0 Å². The summed E-state index contributed by atoms with van der Waals surface area (Å²) in [6.07, 6.45) is 5.43. The average Bonchev–Trinajstić information content (AvgIpc) is 2.74. The zero-order valence-electron chi connectivity index (χ0n) is 10.2. The van der Waals surface area contributed by atoms with Crippen molar-refractivity contribution in [2.75, 3.05) is 20.2 Å². The van der Waals surface area contributed by atoms with E-state index in [1.54, 1.807) is 7.11 Å². The van der Waals surface area contributed by atoms with Gasteiger partial charge in [-0.25, -0.2) is 0 Å². The highest BCUT2D eigenvalue weighted by atomic mass is 16.5. The Morgan fingerprint density at radius 1 is 1.62 bits per heavy atom. The van der Waals surface area contributed by atoms with E-state index in [4.69, 9.17) is 4.74 Å². The van der Waals surface area contributed by atoms with Gasteiger partial charge in [-0.15, -0.1) is 0 Å². The lowest BCUT2D eigenvalue weighted by Crippen LogP contribution is -2.30. The van der Waals surface area contributed by atoms with Gasteiger partial charge in [-0.2, -0.15) is 5.10 Å². The van der Waals surface area contributed by atoms with Crippen LogP contribution in [0.15, 0.2) is 6.20 Å². The summed E-state index contributed by atoms with van der Waals surface area (Å²) in [5.41, 5.74) is 1.27. The minimum atomic E-state index is 0.553. The van der Waals surface area contributed by atoms with Crippen LogP contribution in [0.3, 0.4) is 0 Å². The lowest BCUT2D eigenvalue weighted by molar-refractivity contribution is 0.380. The van der Waals surface area contributed by atoms with Crippen molar-refractivity contribution in [1.29, 1.82) is 0 Å². The second-order valence-electron chi connectivity index (χ2n) is 4.36. The molecular formula is C12H21N3O. The van der Waals surface area contributed by atoms with E-state index in [1.165, 1.54) is 18.5 Å². The van der Waals surface area contributed by atoms with Crippen LogP contribution in [0.4, 0.5) is 0 Å². The molecule has 0 aliphatic carbocycles. The number of ether oxygens (including phenoxy) is 1. The van der Waals surface area contributed by atoms with Gasteiger partial charge in [0.25, 0.3) is 0 Å². The predicted molar refractivity (Wildman–Crippen MR) is 63.9 cm³/mol. The summed E-state index contributed by atoms with van der Waals surface area (Å²) < 4.78 is 7.52. The Balaban J connectivity index is 2.23. The molecule has 4 nitrogen and oxygen atoms in total. The molecule has 0 spiro atoms. The first kappa shape index (κ1) is 11.5. The maximum Gasteiger partial charge on any atom is 0.160 e. The molecule has 1 atom stereocenters. The van der Waals surface area contributed by atoms with Gasteiger partial charge in [-0.05, 0) is 25.8 Å². The smallest absolute Gasteiger partial charge is 0.160 e. The molecule has 1 aliphatic heterocycles. The first-order valence-corrected chi connectivity index (χ1v) is 6.17. The number of nitrogens with one attached hydrogen (secondary N) is 1. The summed E-state index contributed by atoms with van der Waals surface area (Å²) in [7, 11) is 1.73. The first-order valence-electron chi connectivity index (χ1n) is 6.17. The number of hydrogen-bond acceptors (Lipinski definition) is 3. The van der Waals surface area contributed by atoms with Crippen LogP contribution < -0.4 is 10.1 Å². The molecule has 0 aromatic carbocycles. The molecule has 90 valence electrons. The molecule has 2 rings (SSSR count). The molecule has 0 bridgehead atoms. The molecule has 0 amide bonds. The molecule has 1 saturated heterocycles. The van der Waals surface area contributed by atoms with E-state index in [1.807, 2.05) is 6.20 Å². The largest absolute Gasteiger partial charge is 0.493 e. The SMILES string of the molecule is CCCn1ncc(OC)c1C1CCCNC1. The van der Waals surface area contributed by atoms with Gasteiger partial charge in [-0.1, -0.05) is 6.92 Å². The molecule has 1 unspecified atom stereocenters. The molecule has 2 heterocycles. The van der Waals surface area contributed by atoms with E-state index < -0.39 is 0 Å². The number of aryl methyl sites for hydroxylation is 1. The van der Waals surface area contributed by atoms with E-state index in [9.17, 15) is 0 Å². The average molecular weight is 223 g/mol. The number of rotatable bonds is 4. The summed E-state index contributed by atoms with van der Waals surface area (Å²) >= 11 is 0. The molecule has 1 fully saturated rings. The minimum absolute atomic E-state index is 0.553. The second kappa shape index (κ2) is 5.34. The van der Waals surface area contributed by atoms with Crippen LogP contribution in [0, 0.1) is 0 Å². The van der Waals surface area contributed by atoms with Crippen LogP contribution in [0.2, 0.25) is 0 Å². The van der Waals surface area contributed by atoms with Crippen molar-refractivity contribution in [3.63, 3.8) is 0 Å². The number of hydrogen-bond donors (Lipinski definition) is 1. The third-order valence-corrected chi connectivity index (χ3v) is 3.18. The Bertz CT molecular complexity index is 329. The van der Waals surface area contributed by atoms with Gasteiger partial charge >= 0.3 is 0 Å². The van der Waals surface area contributed by atoms with Gasteiger partial charge in [0.2, 0.25) is 0 Å². The highest BCUT2D eigenvalue weighted by molar-refractivity contribution is 5.29. The van der Waals surface area contributed by atoms with Crippen molar-refractivity contribution in [3.8, 4) is 5.75 Å². The van der Waals surface area contributed by atoms with E-state index in [0.29, 0.717) is 5.92 Å². The van der Waals surface area contributed by atoms with Crippen molar-refractivity contribution >= 4 is 0 Å². The van der Waals surface area contributed by atoms with Crippen molar-refractivity contribution in [3.05, 3.63) is 11.9 Å². The monoisotopic (exact) mass is 223 g/mol. The van der Waals surface area contributed by atoms with E-state index in [0.717, 1.165) is 31.8 Å². The zero-order valence-corrected chi connectivity index (χ0v) is 10.2. The Hall–Kier alpha value is -1.03. The number of methoxy groups -OCH3 is 1. The van der Waals surface area contributed by atoms with E-state index in [2.05, 4.69) is 22.0 Å². The minimum Gasteiger partial charge on any atom is -0.493 e. The van der Waals surface area contributed by atoms with Gasteiger partial charge < -0.3 is 10.1 Å². The number of nitrogens with zero attached hydrogens (tertiary/aromatic N) is 2. The second-order valence-corrected chi connectivity index (χ2v) is 4.36. The molecule has 1 N–H and O–H groups in total. The standard InChI is InChI=1S/C12H21N3O/c1-3-7-15-12(11(16-2)9-14-15)10-5-4-6-13-8-10/h9-10,13H,3-8H2,1-2H3. The Morgan fingerprint density at radius 3 is 3.12 bits per heavy atom. The van der Waals surface area contributed by atoms with Crippen LogP contribution in [-0.2, 0) is 6.54 Å². The molecule has 1 aromatic heterocycles. The lowest BCUT2D eigenvalue weighted by Gasteiger charge is -2.24. The molecule has 1 aliphatic rings. The summed E-state index contributed by atoms with van der Waals surface area (Å²) in [5.74, 6) is 1.50. The predicted octanol–water partition coefficient (Wildman–Crippen LogP) is 1.77. The Labute approximate surface area is 97.0 Å². The molecule has 0 saturated carbocycles. The fraction of sp³-hybridized carbons (Fsp3) is 0.750. The Kier molecular flexibility index (Phi) is 3.83.